The summed E-state index contributed by atoms with van der Waals surface area (Å²) in [5, 5.41) is 3.13. The first-order valence-corrected chi connectivity index (χ1v) is 12.2. The zero-order chi connectivity index (χ0) is 21.9. The Morgan fingerprint density at radius 2 is 1.73 bits per heavy atom. The molecule has 0 aliphatic carbocycles. The summed E-state index contributed by atoms with van der Waals surface area (Å²) < 4.78 is 27.2. The first-order chi connectivity index (χ1) is 14.2. The molecule has 0 spiro atoms. The van der Waals surface area contributed by atoms with E-state index >= 15 is 0 Å². The van der Waals surface area contributed by atoms with Gasteiger partial charge in [0.15, 0.2) is 0 Å². The van der Waals surface area contributed by atoms with Gasteiger partial charge >= 0.3 is 0 Å². The van der Waals surface area contributed by atoms with Crippen LogP contribution in [0.4, 0.5) is 0 Å². The number of piperidine rings is 1. The van der Waals surface area contributed by atoms with E-state index in [2.05, 4.69) is 30.4 Å². The molecule has 1 fully saturated rings. The molecular weight excluding hydrogens is 396 g/mol. The number of rotatable bonds is 6. The summed E-state index contributed by atoms with van der Waals surface area (Å²) in [7, 11) is -3.38. The highest BCUT2D eigenvalue weighted by atomic mass is 32.2. The first-order valence-electron chi connectivity index (χ1n) is 10.6. The molecule has 1 atom stereocenters. The highest BCUT2D eigenvalue weighted by Gasteiger charge is 2.32. The number of benzene rings is 2. The van der Waals surface area contributed by atoms with E-state index in [1.165, 1.54) is 9.87 Å². The molecule has 3 rings (SSSR count). The van der Waals surface area contributed by atoms with E-state index in [-0.39, 0.29) is 23.6 Å². The molecule has 0 radical (unpaired) electrons. The van der Waals surface area contributed by atoms with Crippen molar-refractivity contribution in [3.63, 3.8) is 0 Å². The first kappa shape index (κ1) is 22.5. The van der Waals surface area contributed by atoms with Gasteiger partial charge in [-0.1, -0.05) is 48.0 Å². The Morgan fingerprint density at radius 1 is 1.07 bits per heavy atom. The van der Waals surface area contributed by atoms with Gasteiger partial charge in [0, 0.05) is 19.0 Å². The van der Waals surface area contributed by atoms with Gasteiger partial charge < -0.3 is 5.32 Å². The normalized spacial score (nSPS) is 16.9. The summed E-state index contributed by atoms with van der Waals surface area (Å²) in [6, 6.07) is 13.8. The lowest BCUT2D eigenvalue weighted by atomic mass is 9.95. The van der Waals surface area contributed by atoms with E-state index in [0.29, 0.717) is 25.9 Å². The third-order valence-corrected chi connectivity index (χ3v) is 7.91. The van der Waals surface area contributed by atoms with Crippen molar-refractivity contribution >= 4 is 15.9 Å². The summed E-state index contributed by atoms with van der Waals surface area (Å²) >= 11 is 0. The Hall–Kier alpha value is -2.18. The van der Waals surface area contributed by atoms with E-state index < -0.39 is 10.0 Å². The van der Waals surface area contributed by atoms with E-state index in [9.17, 15) is 13.2 Å². The van der Waals surface area contributed by atoms with Gasteiger partial charge in [-0.2, -0.15) is 0 Å². The summed E-state index contributed by atoms with van der Waals surface area (Å²) in [5.41, 5.74) is 5.27. The molecule has 30 heavy (non-hydrogen) atoms. The van der Waals surface area contributed by atoms with Crippen LogP contribution in [0.15, 0.2) is 42.5 Å². The van der Waals surface area contributed by atoms with Crippen molar-refractivity contribution < 1.29 is 13.2 Å². The molecule has 162 valence electrons. The molecule has 6 heteroatoms. The maximum absolute atomic E-state index is 12.8. The third kappa shape index (κ3) is 5.29. The zero-order valence-corrected chi connectivity index (χ0v) is 19.1. The lowest BCUT2D eigenvalue weighted by Crippen LogP contribution is -2.43. The zero-order valence-electron chi connectivity index (χ0n) is 18.3. The van der Waals surface area contributed by atoms with E-state index in [4.69, 9.17) is 0 Å². The van der Waals surface area contributed by atoms with Crippen molar-refractivity contribution in [3.8, 4) is 0 Å². The summed E-state index contributed by atoms with van der Waals surface area (Å²) in [6.07, 6.45) is 1.11. The van der Waals surface area contributed by atoms with Crippen molar-refractivity contribution in [3.05, 3.63) is 70.3 Å². The molecule has 2 aromatic rings. The number of sulfonamides is 1. The molecule has 1 aliphatic rings. The number of amides is 1. The fourth-order valence-electron chi connectivity index (χ4n) is 4.09. The molecule has 0 saturated carbocycles. The largest absolute Gasteiger partial charge is 0.349 e. The second-order valence-corrected chi connectivity index (χ2v) is 10.4. The fraction of sp³-hybridized carbons (Fsp3) is 0.458. The van der Waals surface area contributed by atoms with Gasteiger partial charge in [0.25, 0.3) is 0 Å². The molecule has 0 unspecified atom stereocenters. The SMILES string of the molecule is Cc1ccc(C)c([C@@H](C)NC(=O)C2CCN(S(=O)(=O)Cc3ccccc3C)CC2)c1. The van der Waals surface area contributed by atoms with Gasteiger partial charge in [-0.25, -0.2) is 12.7 Å². The highest BCUT2D eigenvalue weighted by molar-refractivity contribution is 7.88. The van der Waals surface area contributed by atoms with Gasteiger partial charge in [-0.15, -0.1) is 0 Å². The lowest BCUT2D eigenvalue weighted by molar-refractivity contribution is -0.126. The van der Waals surface area contributed by atoms with Crippen LogP contribution in [0, 0.1) is 26.7 Å². The molecule has 1 N–H and O–H groups in total. The minimum Gasteiger partial charge on any atom is -0.349 e. The predicted molar refractivity (Wildman–Crippen MR) is 121 cm³/mol. The van der Waals surface area contributed by atoms with Crippen molar-refractivity contribution in [2.75, 3.05) is 13.1 Å². The number of hydrogen-bond acceptors (Lipinski definition) is 3. The molecule has 0 bridgehead atoms. The summed E-state index contributed by atoms with van der Waals surface area (Å²) in [5.74, 6) is -0.123. The summed E-state index contributed by atoms with van der Waals surface area (Å²) in [4.78, 5) is 12.8. The van der Waals surface area contributed by atoms with Crippen molar-refractivity contribution in [2.45, 2.75) is 52.3 Å². The number of nitrogens with one attached hydrogen (secondary N) is 1. The molecule has 1 aliphatic heterocycles. The Morgan fingerprint density at radius 3 is 2.40 bits per heavy atom. The highest BCUT2D eigenvalue weighted by Crippen LogP contribution is 2.25. The van der Waals surface area contributed by atoms with Crippen molar-refractivity contribution in [2.24, 2.45) is 5.92 Å². The second-order valence-electron chi connectivity index (χ2n) is 8.45. The van der Waals surface area contributed by atoms with Gasteiger partial charge in [-0.05, 0) is 62.8 Å². The van der Waals surface area contributed by atoms with Gasteiger partial charge in [-0.3, -0.25) is 4.79 Å². The lowest BCUT2D eigenvalue weighted by Gasteiger charge is -2.31. The summed E-state index contributed by atoms with van der Waals surface area (Å²) in [6.45, 7) is 8.81. The van der Waals surface area contributed by atoms with Crippen molar-refractivity contribution in [1.29, 1.82) is 0 Å². The Kier molecular flexibility index (Phi) is 6.98. The third-order valence-electron chi connectivity index (χ3n) is 6.08. The quantitative estimate of drug-likeness (QED) is 0.755. The van der Waals surface area contributed by atoms with Crippen molar-refractivity contribution in [1.82, 2.24) is 9.62 Å². The molecule has 1 amide bonds. The van der Waals surface area contributed by atoms with Crippen LogP contribution in [-0.2, 0) is 20.6 Å². The number of nitrogens with zero attached hydrogens (tertiary/aromatic N) is 1. The predicted octanol–water partition coefficient (Wildman–Crippen LogP) is 4.03. The molecule has 5 nitrogen and oxygen atoms in total. The van der Waals surface area contributed by atoms with Crippen LogP contribution in [0.5, 0.6) is 0 Å². The van der Waals surface area contributed by atoms with Gasteiger partial charge in [0.1, 0.15) is 0 Å². The number of carbonyl (C=O) groups is 1. The smallest absolute Gasteiger partial charge is 0.223 e. The van der Waals surface area contributed by atoms with Crippen LogP contribution in [0.2, 0.25) is 0 Å². The maximum Gasteiger partial charge on any atom is 0.223 e. The van der Waals surface area contributed by atoms with E-state index in [1.807, 2.05) is 45.0 Å². The average molecular weight is 429 g/mol. The van der Waals surface area contributed by atoms with Crippen LogP contribution < -0.4 is 5.32 Å². The topological polar surface area (TPSA) is 66.5 Å². The van der Waals surface area contributed by atoms with Crippen LogP contribution >= 0.6 is 0 Å². The van der Waals surface area contributed by atoms with Crippen LogP contribution in [0.1, 0.15) is 53.6 Å². The van der Waals surface area contributed by atoms with Gasteiger partial charge in [0.2, 0.25) is 15.9 Å². The molecule has 0 aromatic heterocycles. The Labute approximate surface area is 180 Å². The van der Waals surface area contributed by atoms with E-state index in [1.54, 1.807) is 0 Å². The minimum atomic E-state index is -3.38. The Bertz CT molecular complexity index is 1010. The average Bonchev–Trinajstić information content (AvgIpc) is 2.71. The van der Waals surface area contributed by atoms with Crippen LogP contribution in [0.25, 0.3) is 0 Å². The van der Waals surface area contributed by atoms with Crippen LogP contribution in [-0.4, -0.2) is 31.7 Å². The van der Waals surface area contributed by atoms with E-state index in [0.717, 1.165) is 22.3 Å². The molecule has 1 saturated heterocycles. The number of carbonyl (C=O) groups excluding carboxylic acids is 1. The standard InChI is InChI=1S/C24H32N2O3S/c1-17-9-10-19(3)23(15-17)20(4)25-24(27)21-11-13-26(14-12-21)30(28,29)16-22-8-6-5-7-18(22)2/h5-10,15,20-21H,11-14,16H2,1-4H3,(H,25,27)/t20-/m1/s1. The molecular formula is C24H32N2O3S. The molecule has 2 aromatic carbocycles. The van der Waals surface area contributed by atoms with Gasteiger partial charge in [0.05, 0.1) is 11.8 Å². The molecule has 1 heterocycles. The number of aryl methyl sites for hydroxylation is 3. The monoisotopic (exact) mass is 428 g/mol. The Balaban J connectivity index is 1.57. The minimum absolute atomic E-state index is 0.0133. The second kappa shape index (κ2) is 9.31. The van der Waals surface area contributed by atoms with Crippen LogP contribution in [0.3, 0.4) is 0 Å². The fourth-order valence-corrected chi connectivity index (χ4v) is 5.76. The number of hydrogen-bond donors (Lipinski definition) is 1. The maximum atomic E-state index is 12.8.